The van der Waals surface area contributed by atoms with Crippen molar-refractivity contribution in [1.29, 1.82) is 0 Å². The number of benzene rings is 1. The lowest BCUT2D eigenvalue weighted by molar-refractivity contribution is 0.477. The first-order valence-electron chi connectivity index (χ1n) is 5.76. The first-order chi connectivity index (χ1) is 8.33. The van der Waals surface area contributed by atoms with Crippen LogP contribution < -0.4 is 5.32 Å². The molecule has 1 heterocycles. The van der Waals surface area contributed by atoms with Crippen molar-refractivity contribution in [3.63, 3.8) is 0 Å². The number of nitrogens with one attached hydrogen (secondary N) is 1. The quantitative estimate of drug-likeness (QED) is 0.903. The molecule has 0 aliphatic heterocycles. The van der Waals surface area contributed by atoms with Crippen molar-refractivity contribution in [2.75, 3.05) is 0 Å². The van der Waals surface area contributed by atoms with E-state index in [0.29, 0.717) is 23.5 Å². The molecule has 2 aromatic rings. The van der Waals surface area contributed by atoms with E-state index in [-0.39, 0.29) is 0 Å². The summed E-state index contributed by atoms with van der Waals surface area (Å²) in [6.45, 7) is 0.690. The highest BCUT2D eigenvalue weighted by Crippen LogP contribution is 2.28. The molecule has 0 radical (unpaired) electrons. The van der Waals surface area contributed by atoms with Gasteiger partial charge in [-0.1, -0.05) is 23.7 Å². The number of hydrogen-bond acceptors (Lipinski definition) is 3. The Kier molecular flexibility index (Phi) is 2.87. The minimum atomic E-state index is 0.658. The Morgan fingerprint density at radius 1 is 1.35 bits per heavy atom. The first-order valence-corrected chi connectivity index (χ1v) is 6.14. The second-order valence-electron chi connectivity index (χ2n) is 4.25. The molecule has 0 spiro atoms. The van der Waals surface area contributed by atoms with Crippen LogP contribution in [0.4, 0.5) is 0 Å². The number of oxazole rings is 1. The maximum Gasteiger partial charge on any atom is 0.208 e. The van der Waals surface area contributed by atoms with Crippen LogP contribution in [0, 0.1) is 0 Å². The van der Waals surface area contributed by atoms with Gasteiger partial charge in [-0.15, -0.1) is 0 Å². The minimum Gasteiger partial charge on any atom is -0.439 e. The number of aromatic nitrogens is 1. The van der Waals surface area contributed by atoms with Gasteiger partial charge in [-0.2, -0.15) is 0 Å². The molecule has 1 saturated carbocycles. The second-order valence-corrected chi connectivity index (χ2v) is 4.66. The molecule has 88 valence electrons. The smallest absolute Gasteiger partial charge is 0.208 e. The third kappa shape index (κ3) is 2.51. The van der Waals surface area contributed by atoms with E-state index >= 15 is 0 Å². The summed E-state index contributed by atoms with van der Waals surface area (Å²) >= 11 is 6.10. The molecule has 1 aromatic carbocycles. The lowest BCUT2D eigenvalue weighted by atomic mass is 10.2. The molecule has 1 aromatic heterocycles. The number of halogens is 1. The maximum absolute atomic E-state index is 6.10. The van der Waals surface area contributed by atoms with Crippen LogP contribution in [0.3, 0.4) is 0 Å². The Morgan fingerprint density at radius 2 is 2.18 bits per heavy atom. The first kappa shape index (κ1) is 10.8. The van der Waals surface area contributed by atoms with Crippen molar-refractivity contribution in [2.45, 2.75) is 25.4 Å². The monoisotopic (exact) mass is 248 g/mol. The van der Waals surface area contributed by atoms with Gasteiger partial charge in [-0.25, -0.2) is 4.98 Å². The molecule has 17 heavy (non-hydrogen) atoms. The summed E-state index contributed by atoms with van der Waals surface area (Å²) in [4.78, 5) is 4.25. The normalized spacial score (nSPS) is 15.1. The van der Waals surface area contributed by atoms with Gasteiger partial charge in [0.15, 0.2) is 5.76 Å². The Morgan fingerprint density at radius 3 is 2.94 bits per heavy atom. The number of nitrogens with zero attached hydrogens (tertiary/aromatic N) is 1. The minimum absolute atomic E-state index is 0.658. The van der Waals surface area contributed by atoms with Gasteiger partial charge in [0, 0.05) is 11.6 Å². The van der Waals surface area contributed by atoms with Crippen molar-refractivity contribution >= 4 is 11.6 Å². The SMILES string of the molecule is Clc1ccccc1-c1cnc(CNC2CC2)o1. The molecule has 0 saturated heterocycles. The summed E-state index contributed by atoms with van der Waals surface area (Å²) in [5.74, 6) is 1.44. The lowest BCUT2D eigenvalue weighted by Gasteiger charge is -1.99. The van der Waals surface area contributed by atoms with Crippen LogP contribution in [-0.2, 0) is 6.54 Å². The van der Waals surface area contributed by atoms with E-state index in [1.165, 1.54) is 12.8 Å². The van der Waals surface area contributed by atoms with E-state index in [1.807, 2.05) is 24.3 Å². The largest absolute Gasteiger partial charge is 0.439 e. The molecule has 0 unspecified atom stereocenters. The third-order valence-corrected chi connectivity index (χ3v) is 3.14. The average Bonchev–Trinajstić information content (AvgIpc) is 3.06. The maximum atomic E-state index is 6.10. The van der Waals surface area contributed by atoms with Gasteiger partial charge in [0.1, 0.15) is 0 Å². The standard InChI is InChI=1S/C13H13ClN2O/c14-11-4-2-1-3-10(11)12-7-16-13(17-12)8-15-9-5-6-9/h1-4,7,9,15H,5-6,8H2. The zero-order chi connectivity index (χ0) is 11.7. The fraction of sp³-hybridized carbons (Fsp3) is 0.308. The molecule has 1 aliphatic carbocycles. The summed E-state index contributed by atoms with van der Waals surface area (Å²) < 4.78 is 5.67. The molecule has 1 N–H and O–H groups in total. The van der Waals surface area contributed by atoms with Crippen LogP contribution in [0.5, 0.6) is 0 Å². The Hall–Kier alpha value is -1.32. The van der Waals surface area contributed by atoms with Crippen LogP contribution >= 0.6 is 11.6 Å². The summed E-state index contributed by atoms with van der Waals surface area (Å²) in [5.41, 5.74) is 0.888. The van der Waals surface area contributed by atoms with E-state index in [2.05, 4.69) is 10.3 Å². The van der Waals surface area contributed by atoms with Crippen LogP contribution in [-0.4, -0.2) is 11.0 Å². The highest BCUT2D eigenvalue weighted by molar-refractivity contribution is 6.33. The van der Waals surface area contributed by atoms with E-state index in [0.717, 1.165) is 11.3 Å². The molecule has 3 rings (SSSR count). The fourth-order valence-electron chi connectivity index (χ4n) is 1.70. The van der Waals surface area contributed by atoms with E-state index in [9.17, 15) is 0 Å². The van der Waals surface area contributed by atoms with Crippen molar-refractivity contribution in [1.82, 2.24) is 10.3 Å². The molecule has 0 atom stereocenters. The van der Waals surface area contributed by atoms with Gasteiger partial charge in [-0.05, 0) is 25.0 Å². The van der Waals surface area contributed by atoms with Crippen molar-refractivity contribution in [2.24, 2.45) is 0 Å². The van der Waals surface area contributed by atoms with Crippen LogP contribution in [0.2, 0.25) is 5.02 Å². The van der Waals surface area contributed by atoms with Crippen molar-refractivity contribution < 1.29 is 4.42 Å². The highest BCUT2D eigenvalue weighted by atomic mass is 35.5. The van der Waals surface area contributed by atoms with Gasteiger partial charge < -0.3 is 9.73 Å². The van der Waals surface area contributed by atoms with Crippen molar-refractivity contribution in [3.8, 4) is 11.3 Å². The highest BCUT2D eigenvalue weighted by Gasteiger charge is 2.21. The molecular formula is C13H13ClN2O. The predicted molar refractivity (Wildman–Crippen MR) is 66.8 cm³/mol. The van der Waals surface area contributed by atoms with Crippen molar-refractivity contribution in [3.05, 3.63) is 41.4 Å². The average molecular weight is 249 g/mol. The van der Waals surface area contributed by atoms with Gasteiger partial charge in [-0.3, -0.25) is 0 Å². The summed E-state index contributed by atoms with van der Waals surface area (Å²) in [6.07, 6.45) is 4.25. The van der Waals surface area contributed by atoms with Gasteiger partial charge in [0.05, 0.1) is 17.8 Å². The van der Waals surface area contributed by atoms with Gasteiger partial charge in [0.25, 0.3) is 0 Å². The summed E-state index contributed by atoms with van der Waals surface area (Å²) in [7, 11) is 0. The predicted octanol–water partition coefficient (Wildman–Crippen LogP) is 3.25. The molecule has 1 aliphatic rings. The summed E-state index contributed by atoms with van der Waals surface area (Å²) in [6, 6.07) is 8.28. The summed E-state index contributed by atoms with van der Waals surface area (Å²) in [5, 5.41) is 4.05. The molecule has 1 fully saturated rings. The zero-order valence-corrected chi connectivity index (χ0v) is 10.1. The van der Waals surface area contributed by atoms with Gasteiger partial charge >= 0.3 is 0 Å². The molecule has 0 amide bonds. The molecule has 3 nitrogen and oxygen atoms in total. The Bertz CT molecular complexity index is 520. The topological polar surface area (TPSA) is 38.1 Å². The van der Waals surface area contributed by atoms with E-state index < -0.39 is 0 Å². The lowest BCUT2D eigenvalue weighted by Crippen LogP contribution is -2.15. The van der Waals surface area contributed by atoms with Crippen LogP contribution in [0.25, 0.3) is 11.3 Å². The number of hydrogen-bond donors (Lipinski definition) is 1. The van der Waals surface area contributed by atoms with E-state index in [1.54, 1.807) is 6.20 Å². The Balaban J connectivity index is 1.77. The molecule has 0 bridgehead atoms. The third-order valence-electron chi connectivity index (χ3n) is 2.81. The molecule has 4 heteroatoms. The Labute approximate surface area is 105 Å². The second kappa shape index (κ2) is 4.51. The zero-order valence-electron chi connectivity index (χ0n) is 9.32. The van der Waals surface area contributed by atoms with E-state index in [4.69, 9.17) is 16.0 Å². The molecular weight excluding hydrogens is 236 g/mol. The van der Waals surface area contributed by atoms with Gasteiger partial charge in [0.2, 0.25) is 5.89 Å². The van der Waals surface area contributed by atoms with Crippen LogP contribution in [0.1, 0.15) is 18.7 Å². The van der Waals surface area contributed by atoms with Crippen LogP contribution in [0.15, 0.2) is 34.9 Å². The number of rotatable bonds is 4. The fourth-order valence-corrected chi connectivity index (χ4v) is 1.93.